The van der Waals surface area contributed by atoms with Crippen molar-refractivity contribution in [1.29, 1.82) is 0 Å². The molecule has 6 nitrogen and oxygen atoms in total. The number of rotatable bonds is 3. The second kappa shape index (κ2) is 9.61. The van der Waals surface area contributed by atoms with E-state index in [1.807, 2.05) is 22.8 Å². The van der Waals surface area contributed by atoms with Gasteiger partial charge >= 0.3 is 6.09 Å². The molecule has 0 N–H and O–H groups in total. The SMILES string of the molecule is CCOC(=O)N1CCC(N2CCC3(CC2)CN(C(C)=O)c2c(-c4ccc(F)cc4)cccc23)CC1. The van der Waals surface area contributed by atoms with Gasteiger partial charge in [-0.1, -0.05) is 30.3 Å². The fourth-order valence-electron chi connectivity index (χ4n) is 6.23. The smallest absolute Gasteiger partial charge is 0.409 e. The minimum Gasteiger partial charge on any atom is -0.450 e. The zero-order valence-electron chi connectivity index (χ0n) is 20.6. The first-order chi connectivity index (χ1) is 16.9. The molecular formula is C28H34FN3O3. The Labute approximate surface area is 206 Å². The molecule has 0 radical (unpaired) electrons. The maximum absolute atomic E-state index is 13.6. The van der Waals surface area contributed by atoms with Crippen LogP contribution in [0.25, 0.3) is 11.1 Å². The van der Waals surface area contributed by atoms with Gasteiger partial charge in [-0.15, -0.1) is 0 Å². The number of hydrogen-bond donors (Lipinski definition) is 0. The Morgan fingerprint density at radius 2 is 1.71 bits per heavy atom. The molecule has 0 unspecified atom stereocenters. The van der Waals surface area contributed by atoms with Crippen LogP contribution < -0.4 is 4.90 Å². The van der Waals surface area contributed by atoms with Gasteiger partial charge in [0, 0.05) is 43.6 Å². The molecule has 35 heavy (non-hydrogen) atoms. The number of benzene rings is 2. The summed E-state index contributed by atoms with van der Waals surface area (Å²) in [6, 6.07) is 13.3. The number of likely N-dealkylation sites (tertiary alicyclic amines) is 2. The van der Waals surface area contributed by atoms with Crippen molar-refractivity contribution in [3.8, 4) is 11.1 Å². The van der Waals surface area contributed by atoms with Gasteiger partial charge in [0.2, 0.25) is 5.91 Å². The summed E-state index contributed by atoms with van der Waals surface area (Å²) in [5, 5.41) is 0. The summed E-state index contributed by atoms with van der Waals surface area (Å²) in [4.78, 5) is 31.1. The normalized spacial score (nSPS) is 20.2. The number of amides is 2. The van der Waals surface area contributed by atoms with Crippen LogP contribution in [-0.4, -0.2) is 67.2 Å². The highest BCUT2D eigenvalue weighted by Gasteiger charge is 2.47. The second-order valence-electron chi connectivity index (χ2n) is 10.0. The molecule has 2 fully saturated rings. The zero-order valence-corrected chi connectivity index (χ0v) is 20.6. The molecule has 0 aromatic heterocycles. The minimum atomic E-state index is -0.262. The third-order valence-corrected chi connectivity index (χ3v) is 8.14. The zero-order chi connectivity index (χ0) is 24.6. The van der Waals surface area contributed by atoms with Crippen LogP contribution in [0, 0.1) is 5.82 Å². The molecular weight excluding hydrogens is 445 g/mol. The van der Waals surface area contributed by atoms with Crippen molar-refractivity contribution in [2.45, 2.75) is 51.0 Å². The fourth-order valence-corrected chi connectivity index (χ4v) is 6.23. The number of nitrogens with zero attached hydrogens (tertiary/aromatic N) is 3. The first kappa shape index (κ1) is 23.8. The standard InChI is InChI=1S/C28H34FN3O3/c1-3-35-27(34)31-15-11-23(12-16-31)30-17-13-28(14-18-30)19-32(20(2)33)26-24(5-4-6-25(26)28)21-7-9-22(29)10-8-21/h4-10,23H,3,11-19H2,1-2H3. The summed E-state index contributed by atoms with van der Waals surface area (Å²) in [5.41, 5.74) is 4.09. The summed E-state index contributed by atoms with van der Waals surface area (Å²) in [7, 11) is 0. The van der Waals surface area contributed by atoms with Crippen LogP contribution in [0.4, 0.5) is 14.9 Å². The summed E-state index contributed by atoms with van der Waals surface area (Å²) in [5.74, 6) is -0.215. The number of carbonyl (C=O) groups is 2. The fraction of sp³-hybridized carbons (Fsp3) is 0.500. The van der Waals surface area contributed by atoms with E-state index in [-0.39, 0.29) is 23.2 Å². The quantitative estimate of drug-likeness (QED) is 0.634. The number of piperidine rings is 2. The van der Waals surface area contributed by atoms with E-state index in [0.29, 0.717) is 19.2 Å². The van der Waals surface area contributed by atoms with Crippen LogP contribution >= 0.6 is 0 Å². The van der Waals surface area contributed by atoms with E-state index in [2.05, 4.69) is 17.0 Å². The van der Waals surface area contributed by atoms with Gasteiger partial charge in [-0.05, 0) is 69.0 Å². The minimum absolute atomic E-state index is 0.0476. The molecule has 3 aliphatic heterocycles. The van der Waals surface area contributed by atoms with Gasteiger partial charge in [0.15, 0.2) is 0 Å². The van der Waals surface area contributed by atoms with Crippen LogP contribution in [0.1, 0.15) is 45.1 Å². The molecule has 0 bridgehead atoms. The number of ether oxygens (including phenoxy) is 1. The van der Waals surface area contributed by atoms with Crippen LogP contribution in [0.3, 0.4) is 0 Å². The van der Waals surface area contributed by atoms with Gasteiger partial charge in [-0.2, -0.15) is 0 Å². The highest BCUT2D eigenvalue weighted by atomic mass is 19.1. The predicted molar refractivity (Wildman–Crippen MR) is 134 cm³/mol. The number of fused-ring (bicyclic) bond motifs is 2. The van der Waals surface area contributed by atoms with Gasteiger partial charge in [-0.3, -0.25) is 4.79 Å². The molecule has 7 heteroatoms. The van der Waals surface area contributed by atoms with Crippen molar-refractivity contribution in [2.24, 2.45) is 0 Å². The van der Waals surface area contributed by atoms with E-state index in [1.165, 1.54) is 17.7 Å². The maximum atomic E-state index is 13.6. The molecule has 2 amide bonds. The first-order valence-corrected chi connectivity index (χ1v) is 12.7. The van der Waals surface area contributed by atoms with Crippen molar-refractivity contribution in [2.75, 3.05) is 44.2 Å². The van der Waals surface area contributed by atoms with Gasteiger partial charge in [0.1, 0.15) is 5.82 Å². The Morgan fingerprint density at radius 3 is 2.34 bits per heavy atom. The molecule has 1 spiro atoms. The monoisotopic (exact) mass is 479 g/mol. The number of hydrogen-bond acceptors (Lipinski definition) is 4. The van der Waals surface area contributed by atoms with E-state index in [1.54, 1.807) is 19.1 Å². The molecule has 2 aromatic rings. The number of halogens is 1. The van der Waals surface area contributed by atoms with Crippen molar-refractivity contribution < 1.29 is 18.7 Å². The Hall–Kier alpha value is -2.93. The lowest BCUT2D eigenvalue weighted by Gasteiger charge is -2.45. The molecule has 2 aromatic carbocycles. The Morgan fingerprint density at radius 1 is 1.03 bits per heavy atom. The van der Waals surface area contributed by atoms with Crippen molar-refractivity contribution in [3.05, 3.63) is 53.8 Å². The van der Waals surface area contributed by atoms with E-state index in [0.717, 1.165) is 68.7 Å². The molecule has 0 atom stereocenters. The summed E-state index contributed by atoms with van der Waals surface area (Å²) >= 11 is 0. The van der Waals surface area contributed by atoms with Gasteiger partial charge in [0.25, 0.3) is 0 Å². The van der Waals surface area contributed by atoms with Gasteiger partial charge < -0.3 is 19.4 Å². The number of anilines is 1. The average molecular weight is 480 g/mol. The molecule has 0 saturated carbocycles. The van der Waals surface area contributed by atoms with E-state index in [9.17, 15) is 14.0 Å². The highest BCUT2D eigenvalue weighted by molar-refractivity contribution is 6.00. The lowest BCUT2D eigenvalue weighted by molar-refractivity contribution is -0.116. The van der Waals surface area contributed by atoms with E-state index >= 15 is 0 Å². The summed E-state index contributed by atoms with van der Waals surface area (Å²) < 4.78 is 18.7. The van der Waals surface area contributed by atoms with Crippen molar-refractivity contribution in [1.82, 2.24) is 9.80 Å². The van der Waals surface area contributed by atoms with Crippen LogP contribution in [-0.2, 0) is 14.9 Å². The third-order valence-electron chi connectivity index (χ3n) is 8.14. The Kier molecular flexibility index (Phi) is 6.53. The predicted octanol–water partition coefficient (Wildman–Crippen LogP) is 4.81. The van der Waals surface area contributed by atoms with Crippen molar-refractivity contribution in [3.63, 3.8) is 0 Å². The molecule has 3 heterocycles. The van der Waals surface area contributed by atoms with E-state index < -0.39 is 0 Å². The van der Waals surface area contributed by atoms with Crippen molar-refractivity contribution >= 4 is 17.7 Å². The summed E-state index contributed by atoms with van der Waals surface area (Å²) in [6.45, 7) is 8.04. The van der Waals surface area contributed by atoms with Gasteiger partial charge in [-0.25, -0.2) is 9.18 Å². The molecule has 5 rings (SSSR count). The first-order valence-electron chi connectivity index (χ1n) is 12.7. The second-order valence-corrected chi connectivity index (χ2v) is 10.0. The maximum Gasteiger partial charge on any atom is 0.409 e. The molecule has 3 aliphatic rings. The topological polar surface area (TPSA) is 53.1 Å². The lowest BCUT2D eigenvalue weighted by atomic mass is 9.73. The molecule has 186 valence electrons. The Balaban J connectivity index is 1.33. The average Bonchev–Trinajstić information content (AvgIpc) is 3.20. The molecule has 0 aliphatic carbocycles. The number of carbonyl (C=O) groups excluding carboxylic acids is 2. The number of para-hydroxylation sites is 1. The summed E-state index contributed by atoms with van der Waals surface area (Å²) in [6.07, 6.45) is 3.73. The van der Waals surface area contributed by atoms with Crippen LogP contribution in [0.2, 0.25) is 0 Å². The molecule has 2 saturated heterocycles. The van der Waals surface area contributed by atoms with Crippen LogP contribution in [0.15, 0.2) is 42.5 Å². The lowest BCUT2D eigenvalue weighted by Crippen LogP contribution is -2.52. The largest absolute Gasteiger partial charge is 0.450 e. The highest BCUT2D eigenvalue weighted by Crippen LogP contribution is 2.51. The van der Waals surface area contributed by atoms with Crippen LogP contribution in [0.5, 0.6) is 0 Å². The van der Waals surface area contributed by atoms with Gasteiger partial charge in [0.05, 0.1) is 12.3 Å². The third kappa shape index (κ3) is 4.42. The Bertz CT molecular complexity index is 1090. The van der Waals surface area contributed by atoms with E-state index in [4.69, 9.17) is 4.74 Å².